The number of hydrogen-bond acceptors (Lipinski definition) is 3. The molecule has 0 bridgehead atoms. The molecule has 0 radical (unpaired) electrons. The maximum absolute atomic E-state index is 12.9. The van der Waals surface area contributed by atoms with Crippen LogP contribution in [0.3, 0.4) is 0 Å². The zero-order chi connectivity index (χ0) is 19.9. The molecule has 11 heteroatoms. The second-order valence-electron chi connectivity index (χ2n) is 6.12. The van der Waals surface area contributed by atoms with Crippen LogP contribution in [-0.2, 0) is 22.2 Å². The molecular formula is C15H15F6NO3S. The first-order chi connectivity index (χ1) is 11.7. The Morgan fingerprint density at radius 3 is 1.73 bits per heavy atom. The molecule has 1 fully saturated rings. The lowest BCUT2D eigenvalue weighted by Gasteiger charge is -2.31. The van der Waals surface area contributed by atoms with Crippen molar-refractivity contribution < 1.29 is 39.6 Å². The molecule has 0 atom stereocenters. The van der Waals surface area contributed by atoms with Crippen molar-refractivity contribution in [1.29, 1.82) is 0 Å². The predicted octanol–water partition coefficient (Wildman–Crippen LogP) is 3.37. The van der Waals surface area contributed by atoms with Gasteiger partial charge in [-0.2, -0.15) is 26.3 Å². The number of benzene rings is 1. The van der Waals surface area contributed by atoms with Gasteiger partial charge >= 0.3 is 12.4 Å². The zero-order valence-corrected chi connectivity index (χ0v) is 14.3. The van der Waals surface area contributed by atoms with Gasteiger partial charge in [-0.3, -0.25) is 4.79 Å². The number of amides is 1. The van der Waals surface area contributed by atoms with Crippen molar-refractivity contribution in [3.05, 3.63) is 34.9 Å². The van der Waals surface area contributed by atoms with Crippen LogP contribution in [0.25, 0.3) is 0 Å². The number of piperidine rings is 1. The standard InChI is InChI=1S/C15H15F6NO3S/c1-26(24,25)12-2-4-22(5-3-12)13(23)9-6-10(14(16,17)18)8-11(7-9)15(19,20)21/h6-8,12H,2-5H2,1H3. The third-order valence-corrected chi connectivity index (χ3v) is 5.85. The number of halogens is 6. The van der Waals surface area contributed by atoms with Crippen molar-refractivity contribution in [2.45, 2.75) is 30.4 Å². The Morgan fingerprint density at radius 1 is 0.962 bits per heavy atom. The molecule has 0 spiro atoms. The molecule has 1 aromatic carbocycles. The van der Waals surface area contributed by atoms with Crippen molar-refractivity contribution in [3.8, 4) is 0 Å². The SMILES string of the molecule is CS(=O)(=O)C1CCN(C(=O)c2cc(C(F)(F)F)cc(C(F)(F)F)c2)CC1. The number of nitrogens with zero attached hydrogens (tertiary/aromatic N) is 1. The van der Waals surface area contributed by atoms with Gasteiger partial charge in [-0.25, -0.2) is 8.42 Å². The first-order valence-corrected chi connectivity index (χ1v) is 9.42. The fourth-order valence-corrected chi connectivity index (χ4v) is 3.82. The number of likely N-dealkylation sites (tertiary alicyclic amines) is 1. The minimum absolute atomic E-state index is 0.0489. The van der Waals surface area contributed by atoms with E-state index in [2.05, 4.69) is 0 Å². The van der Waals surface area contributed by atoms with Crippen LogP contribution in [0.1, 0.15) is 34.3 Å². The normalized spacial score (nSPS) is 17.4. The number of alkyl halides is 6. The average molecular weight is 403 g/mol. The number of sulfone groups is 1. The van der Waals surface area contributed by atoms with Gasteiger partial charge in [0.15, 0.2) is 0 Å². The molecule has 0 aliphatic carbocycles. The number of hydrogen-bond donors (Lipinski definition) is 0. The Morgan fingerprint density at radius 2 is 1.38 bits per heavy atom. The summed E-state index contributed by atoms with van der Waals surface area (Å²) >= 11 is 0. The highest BCUT2D eigenvalue weighted by Gasteiger charge is 2.38. The van der Waals surface area contributed by atoms with E-state index < -0.39 is 50.0 Å². The van der Waals surface area contributed by atoms with E-state index in [1.165, 1.54) is 0 Å². The molecule has 1 aliphatic rings. The molecule has 1 amide bonds. The van der Waals surface area contributed by atoms with Crippen molar-refractivity contribution in [2.24, 2.45) is 0 Å². The van der Waals surface area contributed by atoms with Gasteiger partial charge in [0.2, 0.25) is 0 Å². The largest absolute Gasteiger partial charge is 0.416 e. The first kappa shape index (κ1) is 20.5. The molecule has 1 aromatic rings. The number of carbonyl (C=O) groups excluding carboxylic acids is 1. The van der Waals surface area contributed by atoms with Crippen LogP contribution in [0.15, 0.2) is 18.2 Å². The van der Waals surface area contributed by atoms with Crippen molar-refractivity contribution in [3.63, 3.8) is 0 Å². The third-order valence-electron chi connectivity index (χ3n) is 4.17. The Balaban J connectivity index is 2.32. The molecule has 0 aromatic heterocycles. The lowest BCUT2D eigenvalue weighted by atomic mass is 10.0. The Kier molecular flexibility index (Phi) is 5.33. The molecule has 1 saturated heterocycles. The smallest absolute Gasteiger partial charge is 0.339 e. The van der Waals surface area contributed by atoms with Gasteiger partial charge < -0.3 is 4.90 Å². The Bertz CT molecular complexity index is 760. The highest BCUT2D eigenvalue weighted by atomic mass is 32.2. The lowest BCUT2D eigenvalue weighted by Crippen LogP contribution is -2.42. The highest BCUT2D eigenvalue weighted by molar-refractivity contribution is 7.91. The molecule has 0 saturated carbocycles. The monoisotopic (exact) mass is 403 g/mol. The van der Waals surface area contributed by atoms with Crippen LogP contribution >= 0.6 is 0 Å². The molecule has 1 aliphatic heterocycles. The summed E-state index contributed by atoms with van der Waals surface area (Å²) in [7, 11) is -3.33. The van der Waals surface area contributed by atoms with Crippen LogP contribution in [0, 0.1) is 0 Å². The quantitative estimate of drug-likeness (QED) is 0.712. The van der Waals surface area contributed by atoms with Gasteiger partial charge in [0.25, 0.3) is 5.91 Å². The number of rotatable bonds is 2. The van der Waals surface area contributed by atoms with Crippen molar-refractivity contribution in [1.82, 2.24) is 4.90 Å². The fourth-order valence-electron chi connectivity index (χ4n) is 2.75. The topological polar surface area (TPSA) is 54.5 Å². The molecule has 0 N–H and O–H groups in total. The van der Waals surface area contributed by atoms with E-state index in [0.717, 1.165) is 11.2 Å². The third kappa shape index (κ3) is 4.68. The minimum atomic E-state index is -5.04. The predicted molar refractivity (Wildman–Crippen MR) is 80.2 cm³/mol. The van der Waals surface area contributed by atoms with Crippen LogP contribution < -0.4 is 0 Å². The molecule has 2 rings (SSSR count). The summed E-state index contributed by atoms with van der Waals surface area (Å²) in [5, 5.41) is -0.682. The van der Waals surface area contributed by atoms with Gasteiger partial charge in [-0.1, -0.05) is 0 Å². The Labute approximate surface area is 145 Å². The van der Waals surface area contributed by atoms with Gasteiger partial charge in [-0.05, 0) is 31.0 Å². The van der Waals surface area contributed by atoms with E-state index in [1.807, 2.05) is 0 Å². The van der Waals surface area contributed by atoms with Gasteiger partial charge in [0.05, 0.1) is 16.4 Å². The van der Waals surface area contributed by atoms with E-state index in [-0.39, 0.29) is 32.0 Å². The van der Waals surface area contributed by atoms with Crippen LogP contribution in [-0.4, -0.2) is 43.8 Å². The minimum Gasteiger partial charge on any atom is -0.339 e. The lowest BCUT2D eigenvalue weighted by molar-refractivity contribution is -0.143. The molecule has 1 heterocycles. The van der Waals surface area contributed by atoms with Crippen LogP contribution in [0.5, 0.6) is 0 Å². The fraction of sp³-hybridized carbons (Fsp3) is 0.533. The summed E-state index contributed by atoms with van der Waals surface area (Å²) in [4.78, 5) is 13.4. The van der Waals surface area contributed by atoms with E-state index in [4.69, 9.17) is 0 Å². The van der Waals surface area contributed by atoms with E-state index in [0.29, 0.717) is 12.1 Å². The van der Waals surface area contributed by atoms with E-state index in [1.54, 1.807) is 0 Å². The average Bonchev–Trinajstić information content (AvgIpc) is 2.51. The first-order valence-electron chi connectivity index (χ1n) is 7.47. The van der Waals surface area contributed by atoms with E-state index >= 15 is 0 Å². The summed E-state index contributed by atoms with van der Waals surface area (Å²) in [6, 6.07) is 0.702. The summed E-state index contributed by atoms with van der Waals surface area (Å²) in [6.45, 7) is -0.123. The van der Waals surface area contributed by atoms with Crippen molar-refractivity contribution in [2.75, 3.05) is 19.3 Å². The second-order valence-corrected chi connectivity index (χ2v) is 8.44. The molecule has 0 unspecified atom stereocenters. The van der Waals surface area contributed by atoms with Crippen LogP contribution in [0.2, 0.25) is 0 Å². The Hall–Kier alpha value is -1.78. The second kappa shape index (κ2) is 6.75. The maximum atomic E-state index is 12.9. The van der Waals surface area contributed by atoms with Crippen LogP contribution in [0.4, 0.5) is 26.3 Å². The highest BCUT2D eigenvalue weighted by Crippen LogP contribution is 2.36. The van der Waals surface area contributed by atoms with E-state index in [9.17, 15) is 39.6 Å². The molecule has 4 nitrogen and oxygen atoms in total. The maximum Gasteiger partial charge on any atom is 0.416 e. The summed E-state index contributed by atoms with van der Waals surface area (Å²) < 4.78 is 100. The molecule has 26 heavy (non-hydrogen) atoms. The molecule has 146 valence electrons. The van der Waals surface area contributed by atoms with Gasteiger partial charge in [-0.15, -0.1) is 0 Å². The molecular weight excluding hydrogens is 388 g/mol. The van der Waals surface area contributed by atoms with Gasteiger partial charge in [0.1, 0.15) is 9.84 Å². The number of carbonyl (C=O) groups is 1. The van der Waals surface area contributed by atoms with Gasteiger partial charge in [0, 0.05) is 24.9 Å². The summed E-state index contributed by atoms with van der Waals surface area (Å²) in [5.74, 6) is -0.992. The van der Waals surface area contributed by atoms with Crippen molar-refractivity contribution >= 4 is 15.7 Å². The summed E-state index contributed by atoms with van der Waals surface area (Å²) in [5.41, 5.74) is -3.87. The summed E-state index contributed by atoms with van der Waals surface area (Å²) in [6.07, 6.45) is -8.89. The zero-order valence-electron chi connectivity index (χ0n) is 13.5.